The normalized spacial score (nSPS) is 17.8. The fourth-order valence-corrected chi connectivity index (χ4v) is 4.31. The third kappa shape index (κ3) is 3.90. The van der Waals surface area contributed by atoms with Gasteiger partial charge >= 0.3 is 0 Å². The molecule has 1 amide bonds. The van der Waals surface area contributed by atoms with Gasteiger partial charge in [-0.05, 0) is 55.2 Å². The van der Waals surface area contributed by atoms with Gasteiger partial charge in [0.25, 0.3) is 5.91 Å². The molecule has 1 unspecified atom stereocenters. The Morgan fingerprint density at radius 3 is 2.34 bits per heavy atom. The number of fused-ring (bicyclic) bond motifs is 1. The number of benzene rings is 3. The quantitative estimate of drug-likeness (QED) is 0.557. The van der Waals surface area contributed by atoms with E-state index in [0.717, 1.165) is 22.3 Å². The Hall–Kier alpha value is -3.50. The number of aliphatic hydroxyl groups is 1. The lowest BCUT2D eigenvalue weighted by Gasteiger charge is -2.22. The number of carbonyl (C=O) groups excluding carboxylic acids is 2. The van der Waals surface area contributed by atoms with E-state index in [4.69, 9.17) is 0 Å². The molecule has 0 aliphatic carbocycles. The van der Waals surface area contributed by atoms with Gasteiger partial charge < -0.3 is 10.0 Å². The van der Waals surface area contributed by atoms with Gasteiger partial charge in [-0.3, -0.25) is 9.59 Å². The Balaban J connectivity index is 1.62. The van der Waals surface area contributed by atoms with Crippen LogP contribution in [0.2, 0.25) is 0 Å². The monoisotopic (exact) mass is 425 g/mol. The van der Waals surface area contributed by atoms with Crippen molar-refractivity contribution in [2.45, 2.75) is 32.8 Å². The SMILES string of the molecule is Cc1cc(C)c(C(=O)CC2(O)C(=O)N(C/C=C/c3ccccc3)c3ccccc32)cc1C. The number of Topliss-reactive ketones (excluding diaryl/α,β-unsaturated/α-hetero) is 1. The summed E-state index contributed by atoms with van der Waals surface area (Å²) in [7, 11) is 0. The van der Waals surface area contributed by atoms with Gasteiger partial charge in [-0.15, -0.1) is 0 Å². The minimum Gasteiger partial charge on any atom is -0.375 e. The summed E-state index contributed by atoms with van der Waals surface area (Å²) in [4.78, 5) is 28.1. The summed E-state index contributed by atoms with van der Waals surface area (Å²) in [6.07, 6.45) is 3.55. The van der Waals surface area contributed by atoms with Crippen molar-refractivity contribution in [2.24, 2.45) is 0 Å². The van der Waals surface area contributed by atoms with Gasteiger partial charge in [0.2, 0.25) is 0 Å². The van der Waals surface area contributed by atoms with Crippen LogP contribution in [0.1, 0.15) is 44.6 Å². The molecular formula is C28H27NO3. The van der Waals surface area contributed by atoms with E-state index in [2.05, 4.69) is 0 Å². The van der Waals surface area contributed by atoms with Crippen molar-refractivity contribution in [2.75, 3.05) is 11.4 Å². The number of nitrogens with zero attached hydrogens (tertiary/aromatic N) is 1. The van der Waals surface area contributed by atoms with Crippen molar-refractivity contribution in [1.29, 1.82) is 0 Å². The number of aryl methyl sites for hydroxylation is 3. The zero-order valence-corrected chi connectivity index (χ0v) is 18.6. The lowest BCUT2D eigenvalue weighted by Crippen LogP contribution is -2.42. The Labute approximate surface area is 188 Å². The maximum Gasteiger partial charge on any atom is 0.264 e. The van der Waals surface area contributed by atoms with Crippen molar-refractivity contribution in [3.8, 4) is 0 Å². The van der Waals surface area contributed by atoms with E-state index in [0.29, 0.717) is 23.4 Å². The van der Waals surface area contributed by atoms with Crippen LogP contribution in [-0.2, 0) is 10.4 Å². The lowest BCUT2D eigenvalue weighted by molar-refractivity contribution is -0.135. The van der Waals surface area contributed by atoms with Crippen LogP contribution in [0.5, 0.6) is 0 Å². The highest BCUT2D eigenvalue weighted by Crippen LogP contribution is 2.43. The van der Waals surface area contributed by atoms with Crippen molar-refractivity contribution < 1.29 is 14.7 Å². The molecule has 3 aromatic carbocycles. The minimum absolute atomic E-state index is 0.238. The van der Waals surface area contributed by atoms with Gasteiger partial charge in [0.1, 0.15) is 0 Å². The van der Waals surface area contributed by atoms with Crippen LogP contribution in [0.25, 0.3) is 6.08 Å². The first kappa shape index (κ1) is 21.7. The number of para-hydroxylation sites is 1. The molecule has 4 nitrogen and oxygen atoms in total. The predicted molar refractivity (Wildman–Crippen MR) is 128 cm³/mol. The number of hydrogen-bond acceptors (Lipinski definition) is 3. The molecule has 0 spiro atoms. The highest BCUT2D eigenvalue weighted by atomic mass is 16.3. The molecule has 162 valence electrons. The Bertz CT molecular complexity index is 1210. The fraction of sp³-hybridized carbons (Fsp3) is 0.214. The Morgan fingerprint density at radius 1 is 0.938 bits per heavy atom. The third-order valence-electron chi connectivity index (χ3n) is 6.19. The molecule has 1 atom stereocenters. The van der Waals surface area contributed by atoms with Crippen molar-refractivity contribution in [3.05, 3.63) is 106 Å². The van der Waals surface area contributed by atoms with Crippen LogP contribution >= 0.6 is 0 Å². The summed E-state index contributed by atoms with van der Waals surface area (Å²) in [5.74, 6) is -0.704. The van der Waals surface area contributed by atoms with Crippen LogP contribution in [0.15, 0.2) is 72.8 Å². The largest absolute Gasteiger partial charge is 0.375 e. The second kappa shape index (κ2) is 8.56. The zero-order valence-electron chi connectivity index (χ0n) is 18.6. The molecule has 4 rings (SSSR count). The molecule has 1 N–H and O–H groups in total. The Kier molecular flexibility index (Phi) is 5.81. The molecule has 0 bridgehead atoms. The average molecular weight is 426 g/mol. The number of hydrogen-bond donors (Lipinski definition) is 1. The number of amides is 1. The van der Waals surface area contributed by atoms with Crippen molar-refractivity contribution >= 4 is 23.5 Å². The van der Waals surface area contributed by atoms with Crippen LogP contribution in [0.4, 0.5) is 5.69 Å². The lowest BCUT2D eigenvalue weighted by atomic mass is 9.86. The zero-order chi connectivity index (χ0) is 22.9. The third-order valence-corrected chi connectivity index (χ3v) is 6.19. The van der Waals surface area contributed by atoms with E-state index in [1.807, 2.05) is 87.5 Å². The van der Waals surface area contributed by atoms with Gasteiger partial charge in [0, 0.05) is 17.7 Å². The maximum absolute atomic E-state index is 13.4. The predicted octanol–water partition coefficient (Wildman–Crippen LogP) is 5.13. The average Bonchev–Trinajstić information content (AvgIpc) is 2.99. The second-order valence-electron chi connectivity index (χ2n) is 8.46. The van der Waals surface area contributed by atoms with E-state index in [1.54, 1.807) is 17.0 Å². The van der Waals surface area contributed by atoms with E-state index < -0.39 is 11.5 Å². The number of anilines is 1. The number of carbonyl (C=O) groups is 2. The maximum atomic E-state index is 13.4. The molecule has 1 heterocycles. The second-order valence-corrected chi connectivity index (χ2v) is 8.46. The summed E-state index contributed by atoms with van der Waals surface area (Å²) in [5.41, 5.74) is 3.79. The molecule has 1 aliphatic rings. The molecule has 1 aliphatic heterocycles. The molecule has 0 radical (unpaired) electrons. The summed E-state index contributed by atoms with van der Waals surface area (Å²) < 4.78 is 0. The van der Waals surface area contributed by atoms with E-state index in [-0.39, 0.29) is 12.2 Å². The standard InChI is InChI=1S/C28H27NO3/c1-19-16-21(3)23(17-20(19)2)26(30)18-28(32)24-13-7-8-14-25(24)29(27(28)31)15-9-12-22-10-5-4-6-11-22/h4-14,16-17,32H,15,18H2,1-3H3/b12-9+. The molecule has 0 saturated carbocycles. The summed E-state index contributed by atoms with van der Waals surface area (Å²) in [6.45, 7) is 6.15. The fourth-order valence-electron chi connectivity index (χ4n) is 4.31. The van der Waals surface area contributed by atoms with E-state index >= 15 is 0 Å². The molecule has 32 heavy (non-hydrogen) atoms. The van der Waals surface area contributed by atoms with Gasteiger partial charge in [-0.25, -0.2) is 0 Å². The van der Waals surface area contributed by atoms with Crippen molar-refractivity contribution in [1.82, 2.24) is 0 Å². The molecule has 0 fully saturated rings. The molecule has 3 aromatic rings. The van der Waals surface area contributed by atoms with E-state index in [1.165, 1.54) is 0 Å². The first-order valence-electron chi connectivity index (χ1n) is 10.8. The van der Waals surface area contributed by atoms with E-state index in [9.17, 15) is 14.7 Å². The van der Waals surface area contributed by atoms with Gasteiger partial charge in [0.15, 0.2) is 11.4 Å². The first-order chi connectivity index (χ1) is 15.3. The van der Waals surface area contributed by atoms with Crippen molar-refractivity contribution in [3.63, 3.8) is 0 Å². The number of rotatable bonds is 6. The van der Waals surface area contributed by atoms with Crippen LogP contribution in [0, 0.1) is 20.8 Å². The summed E-state index contributed by atoms with van der Waals surface area (Å²) in [5, 5.41) is 11.5. The van der Waals surface area contributed by atoms with Crippen LogP contribution in [0.3, 0.4) is 0 Å². The molecular weight excluding hydrogens is 398 g/mol. The van der Waals surface area contributed by atoms with Crippen LogP contribution in [-0.4, -0.2) is 23.3 Å². The van der Waals surface area contributed by atoms with Gasteiger partial charge in [-0.1, -0.05) is 66.7 Å². The molecule has 0 aromatic heterocycles. The first-order valence-corrected chi connectivity index (χ1v) is 10.8. The Morgan fingerprint density at radius 2 is 1.59 bits per heavy atom. The van der Waals surface area contributed by atoms with Gasteiger partial charge in [-0.2, -0.15) is 0 Å². The summed E-state index contributed by atoms with van der Waals surface area (Å²) >= 11 is 0. The molecule has 0 saturated heterocycles. The molecule has 4 heteroatoms. The number of ketones is 1. The van der Waals surface area contributed by atoms with Gasteiger partial charge in [0.05, 0.1) is 12.1 Å². The topological polar surface area (TPSA) is 57.6 Å². The minimum atomic E-state index is -1.88. The highest BCUT2D eigenvalue weighted by Gasteiger charge is 2.50. The highest BCUT2D eigenvalue weighted by molar-refractivity contribution is 6.11. The van der Waals surface area contributed by atoms with Crippen LogP contribution < -0.4 is 4.90 Å². The smallest absolute Gasteiger partial charge is 0.264 e. The summed E-state index contributed by atoms with van der Waals surface area (Å²) in [6, 6.07) is 20.8.